The molecule has 2 atom stereocenters. The highest BCUT2D eigenvalue weighted by molar-refractivity contribution is 8.00. The van der Waals surface area contributed by atoms with Gasteiger partial charge in [-0.3, -0.25) is 4.79 Å². The normalized spacial score (nSPS) is 13.8. The summed E-state index contributed by atoms with van der Waals surface area (Å²) >= 11 is 1.52. The Morgan fingerprint density at radius 1 is 1.08 bits per heavy atom. The minimum absolute atomic E-state index is 0.0328. The second-order valence-electron chi connectivity index (χ2n) is 6.38. The van der Waals surface area contributed by atoms with Crippen LogP contribution in [0.1, 0.15) is 37.4 Å². The Morgan fingerprint density at radius 3 is 2.15 bits per heavy atom. The molecular weight excluding hydrogens is 366 g/mol. The summed E-state index contributed by atoms with van der Waals surface area (Å²) < 4.78 is 23.1. The molecule has 2 aromatic rings. The number of sulfone groups is 1. The van der Waals surface area contributed by atoms with Gasteiger partial charge in [-0.2, -0.15) is 0 Å². The number of amides is 1. The van der Waals surface area contributed by atoms with E-state index >= 15 is 0 Å². The topological polar surface area (TPSA) is 63.2 Å². The van der Waals surface area contributed by atoms with E-state index < -0.39 is 9.84 Å². The van der Waals surface area contributed by atoms with E-state index in [4.69, 9.17) is 0 Å². The summed E-state index contributed by atoms with van der Waals surface area (Å²) in [5.74, 6) is -0.0328. The van der Waals surface area contributed by atoms with Crippen LogP contribution in [0.25, 0.3) is 0 Å². The van der Waals surface area contributed by atoms with Crippen molar-refractivity contribution < 1.29 is 13.2 Å². The maximum Gasteiger partial charge on any atom is 0.233 e. The Kier molecular flexibility index (Phi) is 6.89. The zero-order chi connectivity index (χ0) is 19.3. The van der Waals surface area contributed by atoms with Gasteiger partial charge in [0, 0.05) is 11.2 Å². The van der Waals surface area contributed by atoms with Gasteiger partial charge in [0.15, 0.2) is 9.84 Å². The molecule has 0 fully saturated rings. The van der Waals surface area contributed by atoms with Gasteiger partial charge in [-0.25, -0.2) is 8.42 Å². The zero-order valence-electron chi connectivity index (χ0n) is 15.5. The summed E-state index contributed by atoms with van der Waals surface area (Å²) in [6.45, 7) is 5.91. The van der Waals surface area contributed by atoms with Crippen LogP contribution in [0.5, 0.6) is 0 Å². The van der Waals surface area contributed by atoms with Gasteiger partial charge in [-0.15, -0.1) is 11.8 Å². The second kappa shape index (κ2) is 8.73. The molecule has 26 heavy (non-hydrogen) atoms. The average Bonchev–Trinajstić information content (AvgIpc) is 2.60. The lowest BCUT2D eigenvalue weighted by Crippen LogP contribution is -2.34. The van der Waals surface area contributed by atoms with E-state index in [1.165, 1.54) is 23.6 Å². The first-order valence-electron chi connectivity index (χ1n) is 8.54. The predicted molar refractivity (Wildman–Crippen MR) is 107 cm³/mol. The minimum atomic E-state index is -3.22. The van der Waals surface area contributed by atoms with Crippen LogP contribution in [0.3, 0.4) is 0 Å². The number of hydrogen-bond donors (Lipinski definition) is 1. The Morgan fingerprint density at radius 2 is 1.65 bits per heavy atom. The van der Waals surface area contributed by atoms with Crippen LogP contribution in [-0.2, 0) is 14.6 Å². The van der Waals surface area contributed by atoms with Crippen LogP contribution >= 0.6 is 11.8 Å². The average molecular weight is 392 g/mol. The van der Waals surface area contributed by atoms with Crippen molar-refractivity contribution in [1.29, 1.82) is 0 Å². The Labute approximate surface area is 160 Å². The number of thioether (sulfide) groups is 1. The van der Waals surface area contributed by atoms with E-state index in [1.807, 2.05) is 45.0 Å². The van der Waals surface area contributed by atoms with E-state index in [0.29, 0.717) is 0 Å². The third kappa shape index (κ3) is 5.61. The van der Waals surface area contributed by atoms with Crippen LogP contribution in [0, 0.1) is 6.92 Å². The van der Waals surface area contributed by atoms with E-state index in [0.717, 1.165) is 16.9 Å². The molecule has 1 N–H and O–H groups in total. The molecule has 0 radical (unpaired) electrons. The summed E-state index contributed by atoms with van der Waals surface area (Å²) in [7, 11) is -3.22. The van der Waals surface area contributed by atoms with Gasteiger partial charge in [0.05, 0.1) is 16.2 Å². The predicted octanol–water partition coefficient (Wildman–Crippen LogP) is 4.15. The fraction of sp³-hybridized carbons (Fsp3) is 0.350. The van der Waals surface area contributed by atoms with E-state index in [-0.39, 0.29) is 22.1 Å². The summed E-state index contributed by atoms with van der Waals surface area (Å²) in [6.07, 6.45) is 1.91. The highest BCUT2D eigenvalue weighted by Gasteiger charge is 2.19. The molecule has 0 aromatic heterocycles. The second-order valence-corrected chi connectivity index (χ2v) is 9.81. The molecule has 0 bridgehead atoms. The maximum absolute atomic E-state index is 12.6. The van der Waals surface area contributed by atoms with Gasteiger partial charge in [0.2, 0.25) is 5.91 Å². The quantitative estimate of drug-likeness (QED) is 0.720. The Hall–Kier alpha value is -1.79. The summed E-state index contributed by atoms with van der Waals surface area (Å²) in [4.78, 5) is 13.9. The molecule has 0 aliphatic carbocycles. The Bertz CT molecular complexity index is 844. The van der Waals surface area contributed by atoms with Gasteiger partial charge in [0.25, 0.3) is 0 Å². The minimum Gasteiger partial charge on any atom is -0.348 e. The van der Waals surface area contributed by atoms with Gasteiger partial charge < -0.3 is 5.32 Å². The standard InChI is InChI=1S/C20H25NO3S2/c1-5-19(16-8-12-18(13-9-16)26(4,23)24)21-20(22)15(3)25-17-10-6-14(2)7-11-17/h6-13,15,19H,5H2,1-4H3,(H,21,22)/t15-,19+/m1/s1. The van der Waals surface area contributed by atoms with Crippen molar-refractivity contribution in [3.05, 3.63) is 59.7 Å². The van der Waals surface area contributed by atoms with Crippen LogP contribution in [0.15, 0.2) is 58.3 Å². The molecule has 140 valence electrons. The number of hydrogen-bond acceptors (Lipinski definition) is 4. The van der Waals surface area contributed by atoms with Crippen molar-refractivity contribution in [2.24, 2.45) is 0 Å². The molecule has 2 aromatic carbocycles. The summed E-state index contributed by atoms with van der Waals surface area (Å²) in [5.41, 5.74) is 2.09. The molecular formula is C20H25NO3S2. The van der Waals surface area contributed by atoms with Crippen molar-refractivity contribution in [3.63, 3.8) is 0 Å². The maximum atomic E-state index is 12.6. The lowest BCUT2D eigenvalue weighted by molar-refractivity contribution is -0.121. The van der Waals surface area contributed by atoms with Crippen molar-refractivity contribution in [1.82, 2.24) is 5.32 Å². The van der Waals surface area contributed by atoms with Crippen LogP contribution in [0.2, 0.25) is 0 Å². The highest BCUT2D eigenvalue weighted by Crippen LogP contribution is 2.25. The molecule has 1 amide bonds. The first-order chi connectivity index (χ1) is 12.2. The number of nitrogens with one attached hydrogen (secondary N) is 1. The highest BCUT2D eigenvalue weighted by atomic mass is 32.2. The van der Waals surface area contributed by atoms with Crippen LogP contribution < -0.4 is 5.32 Å². The zero-order valence-corrected chi connectivity index (χ0v) is 17.2. The SMILES string of the molecule is CC[C@H](NC(=O)[C@@H](C)Sc1ccc(C)cc1)c1ccc(S(C)(=O)=O)cc1. The van der Waals surface area contributed by atoms with E-state index in [9.17, 15) is 13.2 Å². The van der Waals surface area contributed by atoms with Crippen LogP contribution in [0.4, 0.5) is 0 Å². The molecule has 0 saturated heterocycles. The van der Waals surface area contributed by atoms with Gasteiger partial charge >= 0.3 is 0 Å². The van der Waals surface area contributed by atoms with Crippen molar-refractivity contribution in [3.8, 4) is 0 Å². The Balaban J connectivity index is 2.04. The third-order valence-corrected chi connectivity index (χ3v) is 6.38. The fourth-order valence-electron chi connectivity index (χ4n) is 2.53. The molecule has 2 rings (SSSR count). The summed E-state index contributed by atoms with van der Waals surface area (Å²) in [5, 5.41) is 2.84. The number of benzene rings is 2. The van der Waals surface area contributed by atoms with Crippen molar-refractivity contribution in [2.45, 2.75) is 48.3 Å². The molecule has 0 saturated carbocycles. The van der Waals surface area contributed by atoms with Crippen molar-refractivity contribution >= 4 is 27.5 Å². The van der Waals surface area contributed by atoms with Crippen LogP contribution in [-0.4, -0.2) is 25.8 Å². The summed E-state index contributed by atoms with van der Waals surface area (Å²) in [6, 6.07) is 14.7. The molecule has 0 unspecified atom stereocenters. The number of aryl methyl sites for hydroxylation is 1. The van der Waals surface area contributed by atoms with Gasteiger partial charge in [-0.05, 0) is 50.1 Å². The van der Waals surface area contributed by atoms with Crippen molar-refractivity contribution in [2.75, 3.05) is 6.26 Å². The van der Waals surface area contributed by atoms with Gasteiger partial charge in [-0.1, -0.05) is 36.8 Å². The lowest BCUT2D eigenvalue weighted by Gasteiger charge is -2.20. The first-order valence-corrected chi connectivity index (χ1v) is 11.3. The smallest absolute Gasteiger partial charge is 0.233 e. The monoisotopic (exact) mass is 391 g/mol. The molecule has 6 heteroatoms. The number of carbonyl (C=O) groups is 1. The molecule has 0 spiro atoms. The van der Waals surface area contributed by atoms with Gasteiger partial charge in [0.1, 0.15) is 0 Å². The van der Waals surface area contributed by atoms with E-state index in [2.05, 4.69) is 5.32 Å². The largest absolute Gasteiger partial charge is 0.348 e. The third-order valence-electron chi connectivity index (χ3n) is 4.14. The lowest BCUT2D eigenvalue weighted by atomic mass is 10.0. The van der Waals surface area contributed by atoms with E-state index in [1.54, 1.807) is 24.3 Å². The molecule has 4 nitrogen and oxygen atoms in total. The molecule has 0 aliphatic rings. The fourth-order valence-corrected chi connectivity index (χ4v) is 4.04. The molecule has 0 heterocycles. The number of carbonyl (C=O) groups excluding carboxylic acids is 1. The first kappa shape index (κ1) is 20.5. The molecule has 0 aliphatic heterocycles. The number of rotatable bonds is 7.